The van der Waals surface area contributed by atoms with E-state index in [2.05, 4.69) is 26.0 Å². The van der Waals surface area contributed by atoms with E-state index < -0.39 is 24.6 Å². The molecular weight excluding hydrogens is 365 g/mol. The third-order valence-corrected chi connectivity index (χ3v) is 3.70. The Hall–Kier alpha value is -0.370. The molecule has 8 heteroatoms. The Kier molecular flexibility index (Phi) is 6.71. The summed E-state index contributed by atoms with van der Waals surface area (Å²) < 4.78 is 55.1. The normalized spacial score (nSPS) is 13.6. The molecule has 0 aliphatic heterocycles. The molecule has 1 aromatic rings. The number of rotatable bonds is 6. The molecule has 1 aromatic carbocycles. The lowest BCUT2D eigenvalue weighted by Gasteiger charge is -2.20. The molecule has 0 spiro atoms. The maximum absolute atomic E-state index is 14.0. The first-order valence-electron chi connectivity index (χ1n) is 5.77. The van der Waals surface area contributed by atoms with E-state index in [-0.39, 0.29) is 17.2 Å². The molecule has 0 heterocycles. The molecule has 0 fully saturated rings. The van der Waals surface area contributed by atoms with Crippen molar-refractivity contribution in [2.24, 2.45) is 0 Å². The molecule has 1 unspecified atom stereocenters. The molecule has 1 rings (SSSR count). The van der Waals surface area contributed by atoms with Gasteiger partial charge in [0, 0.05) is 10.0 Å². The fraction of sp³-hybridized carbons (Fsp3) is 0.500. The van der Waals surface area contributed by atoms with Crippen molar-refractivity contribution in [3.05, 3.63) is 33.0 Å². The van der Waals surface area contributed by atoms with Crippen LogP contribution in [0.2, 0.25) is 5.02 Å². The van der Waals surface area contributed by atoms with Crippen molar-refractivity contribution < 1.29 is 22.3 Å². The lowest BCUT2D eigenvalue weighted by molar-refractivity contribution is -0.175. The first-order valence-corrected chi connectivity index (χ1v) is 6.94. The number of nitrogens with one attached hydrogen (secondary N) is 1. The van der Waals surface area contributed by atoms with Gasteiger partial charge in [-0.1, -0.05) is 24.6 Å². The van der Waals surface area contributed by atoms with Crippen LogP contribution in [0.3, 0.4) is 0 Å². The van der Waals surface area contributed by atoms with Gasteiger partial charge in [-0.15, -0.1) is 0 Å². The first kappa shape index (κ1) is 17.7. The summed E-state index contributed by atoms with van der Waals surface area (Å²) in [5, 5.41) is 2.76. The van der Waals surface area contributed by atoms with Crippen LogP contribution < -0.4 is 5.32 Å². The van der Waals surface area contributed by atoms with E-state index in [0.29, 0.717) is 11.0 Å². The van der Waals surface area contributed by atoms with Gasteiger partial charge < -0.3 is 10.1 Å². The standard InChI is InChI=1S/C12H13BrClF4NO/c1-2-19-9(5-20-6-12(16,17)18)7-3-4-8(13)10(14)11(7)15/h3-4,9,19H,2,5-6H2,1H3. The molecule has 114 valence electrons. The van der Waals surface area contributed by atoms with E-state index >= 15 is 0 Å². The van der Waals surface area contributed by atoms with Gasteiger partial charge in [0.2, 0.25) is 0 Å². The molecule has 0 aromatic heterocycles. The zero-order valence-corrected chi connectivity index (χ0v) is 12.9. The van der Waals surface area contributed by atoms with Crippen LogP contribution in [0.5, 0.6) is 0 Å². The van der Waals surface area contributed by atoms with Gasteiger partial charge >= 0.3 is 6.18 Å². The third-order valence-electron chi connectivity index (χ3n) is 2.44. The largest absolute Gasteiger partial charge is 0.411 e. The number of benzene rings is 1. The molecule has 2 nitrogen and oxygen atoms in total. The maximum atomic E-state index is 14.0. The maximum Gasteiger partial charge on any atom is 0.411 e. The molecule has 0 bridgehead atoms. The van der Waals surface area contributed by atoms with Gasteiger partial charge in [-0.05, 0) is 28.5 Å². The number of ether oxygens (including phenoxy) is 1. The Balaban J connectivity index is 2.83. The SMILES string of the molecule is CCNC(COCC(F)(F)F)c1ccc(Br)c(Cl)c1F. The molecular formula is C12H13BrClF4NO. The van der Waals surface area contributed by atoms with E-state index in [9.17, 15) is 17.6 Å². The summed E-state index contributed by atoms with van der Waals surface area (Å²) >= 11 is 8.84. The van der Waals surface area contributed by atoms with Gasteiger partial charge in [0.25, 0.3) is 0 Å². The Morgan fingerprint density at radius 2 is 2.05 bits per heavy atom. The van der Waals surface area contributed by atoms with Crippen molar-refractivity contribution in [1.29, 1.82) is 0 Å². The van der Waals surface area contributed by atoms with Crippen molar-refractivity contribution >= 4 is 27.5 Å². The Labute approximate surface area is 127 Å². The van der Waals surface area contributed by atoms with Crippen LogP contribution in [0.4, 0.5) is 17.6 Å². The van der Waals surface area contributed by atoms with Crippen molar-refractivity contribution in [2.45, 2.75) is 19.1 Å². The fourth-order valence-corrected chi connectivity index (χ4v) is 2.09. The number of hydrogen-bond acceptors (Lipinski definition) is 2. The first-order chi connectivity index (χ1) is 9.26. The highest BCUT2D eigenvalue weighted by Crippen LogP contribution is 2.30. The number of halogens is 6. The summed E-state index contributed by atoms with van der Waals surface area (Å²) in [5.74, 6) is -0.678. The molecule has 0 aliphatic rings. The molecule has 1 N–H and O–H groups in total. The zero-order valence-electron chi connectivity index (χ0n) is 10.5. The minimum Gasteiger partial charge on any atom is -0.370 e. The molecule has 0 amide bonds. The molecule has 0 radical (unpaired) electrons. The highest BCUT2D eigenvalue weighted by atomic mass is 79.9. The molecule has 0 aliphatic carbocycles. The number of hydrogen-bond donors (Lipinski definition) is 1. The van der Waals surface area contributed by atoms with Gasteiger partial charge in [0.15, 0.2) is 0 Å². The van der Waals surface area contributed by atoms with Crippen molar-refractivity contribution in [1.82, 2.24) is 5.32 Å². The van der Waals surface area contributed by atoms with Crippen LogP contribution in [-0.4, -0.2) is 25.9 Å². The van der Waals surface area contributed by atoms with Gasteiger partial charge in [0.05, 0.1) is 17.7 Å². The second kappa shape index (κ2) is 7.59. The monoisotopic (exact) mass is 377 g/mol. The minimum absolute atomic E-state index is 0.110. The molecule has 0 saturated heterocycles. The van der Waals surface area contributed by atoms with Gasteiger partial charge in [0.1, 0.15) is 12.4 Å². The van der Waals surface area contributed by atoms with E-state index in [4.69, 9.17) is 11.6 Å². The average molecular weight is 379 g/mol. The van der Waals surface area contributed by atoms with Crippen LogP contribution in [0.1, 0.15) is 18.5 Å². The lowest BCUT2D eigenvalue weighted by Crippen LogP contribution is -2.28. The van der Waals surface area contributed by atoms with Crippen LogP contribution in [0.15, 0.2) is 16.6 Å². The second-order valence-electron chi connectivity index (χ2n) is 4.01. The van der Waals surface area contributed by atoms with E-state index in [1.54, 1.807) is 6.92 Å². The van der Waals surface area contributed by atoms with Gasteiger partial charge in [-0.25, -0.2) is 4.39 Å². The molecule has 0 saturated carbocycles. The fourth-order valence-electron chi connectivity index (χ4n) is 1.61. The summed E-state index contributed by atoms with van der Waals surface area (Å²) in [4.78, 5) is 0. The number of alkyl halides is 3. The number of likely N-dealkylation sites (N-methyl/N-ethyl adjacent to an activating group) is 1. The Morgan fingerprint density at radius 1 is 1.40 bits per heavy atom. The highest BCUT2D eigenvalue weighted by molar-refractivity contribution is 9.10. The summed E-state index contributed by atoms with van der Waals surface area (Å²) in [6, 6.07) is 2.29. The van der Waals surface area contributed by atoms with Crippen LogP contribution in [0.25, 0.3) is 0 Å². The van der Waals surface area contributed by atoms with Crippen LogP contribution >= 0.6 is 27.5 Å². The summed E-state index contributed by atoms with van der Waals surface area (Å²) in [7, 11) is 0. The quantitative estimate of drug-likeness (QED) is 0.582. The van der Waals surface area contributed by atoms with Crippen molar-refractivity contribution in [3.63, 3.8) is 0 Å². The zero-order chi connectivity index (χ0) is 15.3. The van der Waals surface area contributed by atoms with Crippen molar-refractivity contribution in [2.75, 3.05) is 19.8 Å². The van der Waals surface area contributed by atoms with Gasteiger partial charge in [-0.2, -0.15) is 13.2 Å². The van der Waals surface area contributed by atoms with Gasteiger partial charge in [-0.3, -0.25) is 0 Å². The Morgan fingerprint density at radius 3 is 2.60 bits per heavy atom. The predicted octanol–water partition coefficient (Wildman–Crippen LogP) is 4.47. The van der Waals surface area contributed by atoms with Crippen LogP contribution in [-0.2, 0) is 4.74 Å². The predicted molar refractivity (Wildman–Crippen MR) is 72.4 cm³/mol. The topological polar surface area (TPSA) is 21.3 Å². The smallest absolute Gasteiger partial charge is 0.370 e. The summed E-state index contributed by atoms with van der Waals surface area (Å²) in [5.41, 5.74) is 0.169. The molecule has 20 heavy (non-hydrogen) atoms. The Bertz CT molecular complexity index is 456. The second-order valence-corrected chi connectivity index (χ2v) is 5.24. The average Bonchev–Trinajstić information content (AvgIpc) is 2.34. The lowest BCUT2D eigenvalue weighted by atomic mass is 10.1. The highest BCUT2D eigenvalue weighted by Gasteiger charge is 2.28. The van der Waals surface area contributed by atoms with Crippen LogP contribution in [0, 0.1) is 5.82 Å². The minimum atomic E-state index is -4.41. The van der Waals surface area contributed by atoms with E-state index in [1.165, 1.54) is 12.1 Å². The van der Waals surface area contributed by atoms with E-state index in [0.717, 1.165) is 0 Å². The molecule has 1 atom stereocenters. The van der Waals surface area contributed by atoms with E-state index in [1.807, 2.05) is 0 Å². The summed E-state index contributed by atoms with van der Waals surface area (Å²) in [6.07, 6.45) is -4.41. The third kappa shape index (κ3) is 5.20. The van der Waals surface area contributed by atoms with Crippen molar-refractivity contribution in [3.8, 4) is 0 Å². The summed E-state index contributed by atoms with van der Waals surface area (Å²) in [6.45, 7) is 0.533.